The molecule has 0 saturated carbocycles. The Labute approximate surface area is 141 Å². The van der Waals surface area contributed by atoms with Gasteiger partial charge in [0.15, 0.2) is 5.78 Å². The number of benzene rings is 2. The number of carbonyl (C=O) groups excluding carboxylic acids is 1. The molecule has 24 heavy (non-hydrogen) atoms. The predicted octanol–water partition coefficient (Wildman–Crippen LogP) is 3.10. The van der Waals surface area contributed by atoms with Crippen molar-refractivity contribution in [3.8, 4) is 11.5 Å². The first-order valence-corrected chi connectivity index (χ1v) is 7.74. The van der Waals surface area contributed by atoms with Crippen LogP contribution in [-0.4, -0.2) is 32.1 Å². The summed E-state index contributed by atoms with van der Waals surface area (Å²) >= 11 is 0. The van der Waals surface area contributed by atoms with E-state index in [4.69, 9.17) is 9.47 Å². The highest BCUT2D eigenvalue weighted by atomic mass is 16.5. The number of anilines is 2. The van der Waals surface area contributed by atoms with E-state index < -0.39 is 6.04 Å². The van der Waals surface area contributed by atoms with Crippen LogP contribution in [0.15, 0.2) is 60.7 Å². The second kappa shape index (κ2) is 7.08. The summed E-state index contributed by atoms with van der Waals surface area (Å²) in [6.07, 6.45) is 3.46. The quantitative estimate of drug-likeness (QED) is 0.855. The Morgan fingerprint density at radius 2 is 1.38 bits per heavy atom. The molecule has 0 aliphatic heterocycles. The third-order valence-electron chi connectivity index (χ3n) is 3.98. The summed E-state index contributed by atoms with van der Waals surface area (Å²) < 4.78 is 10.7. The second-order valence-electron chi connectivity index (χ2n) is 5.45. The second-order valence-corrected chi connectivity index (χ2v) is 5.45. The molecule has 0 unspecified atom stereocenters. The van der Waals surface area contributed by atoms with Gasteiger partial charge in [-0.15, -0.1) is 0 Å². The van der Waals surface area contributed by atoms with Crippen LogP contribution in [0.5, 0.6) is 11.5 Å². The molecule has 5 nitrogen and oxygen atoms in total. The van der Waals surface area contributed by atoms with Crippen LogP contribution in [0.4, 0.5) is 11.4 Å². The zero-order valence-electron chi connectivity index (χ0n) is 13.7. The van der Waals surface area contributed by atoms with Gasteiger partial charge in [0, 0.05) is 0 Å². The smallest absolute Gasteiger partial charge is 0.180 e. The molecule has 3 rings (SSSR count). The van der Waals surface area contributed by atoms with Gasteiger partial charge in [0.25, 0.3) is 0 Å². The van der Waals surface area contributed by atoms with E-state index in [9.17, 15) is 4.79 Å². The fourth-order valence-electron chi connectivity index (χ4n) is 2.76. The molecule has 0 bridgehead atoms. The van der Waals surface area contributed by atoms with E-state index >= 15 is 0 Å². The monoisotopic (exact) mass is 324 g/mol. The largest absolute Gasteiger partial charge is 0.495 e. The molecule has 2 atom stereocenters. The van der Waals surface area contributed by atoms with Crippen molar-refractivity contribution >= 4 is 17.2 Å². The SMILES string of the molecule is COc1ccccc1N[C@@H]1C(=O)C=C[C@H]1Nc1ccccc1OC. The number of rotatable bonds is 6. The molecule has 0 saturated heterocycles. The first kappa shape index (κ1) is 15.9. The minimum atomic E-state index is -0.411. The molecule has 2 N–H and O–H groups in total. The maximum atomic E-state index is 12.3. The molecule has 1 aliphatic carbocycles. The molecule has 124 valence electrons. The molecule has 2 aromatic carbocycles. The molecule has 0 aromatic heterocycles. The van der Waals surface area contributed by atoms with Gasteiger partial charge in [-0.3, -0.25) is 4.79 Å². The lowest BCUT2D eigenvalue weighted by atomic mass is 10.1. The van der Waals surface area contributed by atoms with Crippen LogP contribution in [0.3, 0.4) is 0 Å². The topological polar surface area (TPSA) is 59.6 Å². The normalized spacial score (nSPS) is 19.2. The predicted molar refractivity (Wildman–Crippen MR) is 95.0 cm³/mol. The van der Waals surface area contributed by atoms with E-state index in [1.54, 1.807) is 20.3 Å². The lowest BCUT2D eigenvalue weighted by molar-refractivity contribution is -0.114. The van der Waals surface area contributed by atoms with Crippen LogP contribution in [0.25, 0.3) is 0 Å². The summed E-state index contributed by atoms with van der Waals surface area (Å²) in [7, 11) is 3.24. The van der Waals surface area contributed by atoms with Gasteiger partial charge in [0.05, 0.1) is 31.6 Å². The Kier molecular flexibility index (Phi) is 4.70. The number of hydrogen-bond donors (Lipinski definition) is 2. The van der Waals surface area contributed by atoms with Crippen LogP contribution < -0.4 is 20.1 Å². The van der Waals surface area contributed by atoms with Crippen molar-refractivity contribution in [2.24, 2.45) is 0 Å². The van der Waals surface area contributed by atoms with Gasteiger partial charge in [-0.2, -0.15) is 0 Å². The van der Waals surface area contributed by atoms with Crippen molar-refractivity contribution in [2.45, 2.75) is 12.1 Å². The number of carbonyl (C=O) groups is 1. The summed E-state index contributed by atoms with van der Waals surface area (Å²) in [6.45, 7) is 0. The van der Waals surface area contributed by atoms with E-state index in [0.717, 1.165) is 17.1 Å². The van der Waals surface area contributed by atoms with Crippen molar-refractivity contribution in [3.05, 3.63) is 60.7 Å². The van der Waals surface area contributed by atoms with Gasteiger partial charge in [-0.1, -0.05) is 30.3 Å². The first-order chi connectivity index (χ1) is 11.7. The maximum Gasteiger partial charge on any atom is 0.180 e. The highest BCUT2D eigenvalue weighted by molar-refractivity contribution is 6.00. The van der Waals surface area contributed by atoms with Crippen LogP contribution in [0.2, 0.25) is 0 Å². The van der Waals surface area contributed by atoms with Gasteiger partial charge < -0.3 is 20.1 Å². The van der Waals surface area contributed by atoms with E-state index in [1.807, 2.05) is 54.6 Å². The molecular weight excluding hydrogens is 304 g/mol. The molecule has 5 heteroatoms. The lowest BCUT2D eigenvalue weighted by Gasteiger charge is -2.24. The summed E-state index contributed by atoms with van der Waals surface area (Å²) in [5.74, 6) is 1.46. The van der Waals surface area contributed by atoms with Crippen LogP contribution in [-0.2, 0) is 4.79 Å². The number of ether oxygens (including phenoxy) is 2. The van der Waals surface area contributed by atoms with Crippen LogP contribution in [0, 0.1) is 0 Å². The fraction of sp³-hybridized carbons (Fsp3) is 0.211. The van der Waals surface area contributed by atoms with Gasteiger partial charge >= 0.3 is 0 Å². The molecule has 0 spiro atoms. The Hall–Kier alpha value is -2.95. The number of para-hydroxylation sites is 4. The highest BCUT2D eigenvalue weighted by Gasteiger charge is 2.31. The van der Waals surface area contributed by atoms with E-state index in [0.29, 0.717) is 5.75 Å². The fourth-order valence-corrected chi connectivity index (χ4v) is 2.76. The Bertz CT molecular complexity index is 758. The van der Waals surface area contributed by atoms with Crippen molar-refractivity contribution in [1.29, 1.82) is 0 Å². The summed E-state index contributed by atoms with van der Waals surface area (Å²) in [5, 5.41) is 6.64. The van der Waals surface area contributed by atoms with Crippen LogP contribution in [0.1, 0.15) is 0 Å². The lowest BCUT2D eigenvalue weighted by Crippen LogP contribution is -2.39. The van der Waals surface area contributed by atoms with E-state index in [-0.39, 0.29) is 11.8 Å². The van der Waals surface area contributed by atoms with Gasteiger partial charge in [-0.25, -0.2) is 0 Å². The van der Waals surface area contributed by atoms with Gasteiger partial charge in [0.1, 0.15) is 17.5 Å². The number of methoxy groups -OCH3 is 2. The Morgan fingerprint density at radius 3 is 1.96 bits per heavy atom. The summed E-state index contributed by atoms with van der Waals surface area (Å²) in [4.78, 5) is 12.3. The minimum absolute atomic E-state index is 0.0216. The van der Waals surface area contributed by atoms with Crippen molar-refractivity contribution in [1.82, 2.24) is 0 Å². The molecular formula is C19H20N2O3. The number of ketones is 1. The Morgan fingerprint density at radius 1 is 0.833 bits per heavy atom. The third-order valence-corrected chi connectivity index (χ3v) is 3.98. The third kappa shape index (κ3) is 3.20. The van der Waals surface area contributed by atoms with E-state index in [1.165, 1.54) is 0 Å². The van der Waals surface area contributed by atoms with Crippen molar-refractivity contribution in [3.63, 3.8) is 0 Å². The number of hydrogen-bond acceptors (Lipinski definition) is 5. The zero-order chi connectivity index (χ0) is 16.9. The minimum Gasteiger partial charge on any atom is -0.495 e. The summed E-state index contributed by atoms with van der Waals surface area (Å²) in [5.41, 5.74) is 1.63. The average molecular weight is 324 g/mol. The molecule has 2 aromatic rings. The molecule has 0 amide bonds. The van der Waals surface area contributed by atoms with Crippen LogP contribution >= 0.6 is 0 Å². The van der Waals surface area contributed by atoms with Gasteiger partial charge in [-0.05, 0) is 30.3 Å². The zero-order valence-corrected chi connectivity index (χ0v) is 13.7. The Balaban J connectivity index is 1.80. The average Bonchev–Trinajstić information content (AvgIpc) is 2.96. The summed E-state index contributed by atoms with van der Waals surface area (Å²) in [6, 6.07) is 14.6. The van der Waals surface area contributed by atoms with Gasteiger partial charge in [0.2, 0.25) is 0 Å². The van der Waals surface area contributed by atoms with Crippen molar-refractivity contribution < 1.29 is 14.3 Å². The molecule has 0 fully saturated rings. The van der Waals surface area contributed by atoms with E-state index in [2.05, 4.69) is 10.6 Å². The molecule has 0 heterocycles. The highest BCUT2D eigenvalue weighted by Crippen LogP contribution is 2.29. The molecule has 0 radical (unpaired) electrons. The maximum absolute atomic E-state index is 12.3. The van der Waals surface area contributed by atoms with Crippen molar-refractivity contribution in [2.75, 3.05) is 24.9 Å². The first-order valence-electron chi connectivity index (χ1n) is 7.74. The molecule has 1 aliphatic rings. The standard InChI is InChI=1S/C19H20N2O3/c1-23-17-9-5-3-7-13(17)20-15-11-12-16(22)19(15)21-14-8-4-6-10-18(14)24-2/h3-12,15,19-21H,1-2H3/t15-,19+/m1/s1. The number of nitrogens with one attached hydrogen (secondary N) is 2.